The molecule has 4 nitrogen and oxygen atoms in total. The summed E-state index contributed by atoms with van der Waals surface area (Å²) in [5, 5.41) is 4.07. The van der Waals surface area contributed by atoms with E-state index in [4.69, 9.17) is 21.1 Å². The highest BCUT2D eigenvalue weighted by Gasteiger charge is 2.30. The number of nitrogens with zero attached hydrogens (tertiary/aromatic N) is 1. The highest BCUT2D eigenvalue weighted by Crippen LogP contribution is 2.40. The molecule has 0 bridgehead atoms. The Labute approximate surface area is 118 Å². The molecule has 3 rings (SSSR count). The van der Waals surface area contributed by atoms with Crippen molar-refractivity contribution in [3.63, 3.8) is 0 Å². The predicted octanol–water partition coefficient (Wildman–Crippen LogP) is 2.25. The van der Waals surface area contributed by atoms with E-state index in [9.17, 15) is 0 Å². The van der Waals surface area contributed by atoms with E-state index >= 15 is 0 Å². The van der Waals surface area contributed by atoms with Gasteiger partial charge in [0.2, 0.25) is 6.79 Å². The van der Waals surface area contributed by atoms with Gasteiger partial charge in [-0.2, -0.15) is 0 Å². The summed E-state index contributed by atoms with van der Waals surface area (Å²) in [5.74, 6) is 1.43. The Balaban J connectivity index is 1.82. The van der Waals surface area contributed by atoms with Crippen molar-refractivity contribution in [3.8, 4) is 11.5 Å². The van der Waals surface area contributed by atoms with Gasteiger partial charge in [0, 0.05) is 31.7 Å². The van der Waals surface area contributed by atoms with Crippen molar-refractivity contribution >= 4 is 11.6 Å². The molecule has 5 heteroatoms. The number of benzene rings is 1. The minimum absolute atomic E-state index is 0.154. The zero-order valence-corrected chi connectivity index (χ0v) is 12.1. The standard InChI is InChI=1S/C14H19ClN2O2/c1-14(2)8-16-3-4-17(14)7-10-5-11(15)13-12(6-10)18-9-19-13/h5-6,16H,3-4,7-9H2,1-2H3. The lowest BCUT2D eigenvalue weighted by atomic mass is 9.99. The molecule has 0 saturated carbocycles. The summed E-state index contributed by atoms with van der Waals surface area (Å²) in [4.78, 5) is 2.47. The van der Waals surface area contributed by atoms with Crippen LogP contribution in [-0.2, 0) is 6.54 Å². The molecule has 0 spiro atoms. The number of rotatable bonds is 2. The molecule has 0 unspecified atom stereocenters. The van der Waals surface area contributed by atoms with Gasteiger partial charge in [0.1, 0.15) is 0 Å². The Morgan fingerprint density at radius 3 is 3.00 bits per heavy atom. The maximum atomic E-state index is 6.23. The molecule has 0 aromatic heterocycles. The van der Waals surface area contributed by atoms with Gasteiger partial charge in [0.25, 0.3) is 0 Å². The van der Waals surface area contributed by atoms with E-state index in [1.807, 2.05) is 12.1 Å². The van der Waals surface area contributed by atoms with Crippen LogP contribution in [0.25, 0.3) is 0 Å². The molecule has 1 aromatic carbocycles. The molecule has 1 aromatic rings. The number of nitrogens with one attached hydrogen (secondary N) is 1. The summed E-state index contributed by atoms with van der Waals surface area (Å²) in [6.45, 7) is 8.73. The van der Waals surface area contributed by atoms with Gasteiger partial charge in [0.05, 0.1) is 5.02 Å². The van der Waals surface area contributed by atoms with Crippen molar-refractivity contribution in [2.75, 3.05) is 26.4 Å². The Morgan fingerprint density at radius 1 is 1.37 bits per heavy atom. The molecule has 1 fully saturated rings. The van der Waals surface area contributed by atoms with Crippen molar-refractivity contribution in [2.45, 2.75) is 25.9 Å². The van der Waals surface area contributed by atoms with Crippen LogP contribution in [0.3, 0.4) is 0 Å². The van der Waals surface area contributed by atoms with Gasteiger partial charge in [-0.3, -0.25) is 4.90 Å². The van der Waals surface area contributed by atoms with Crippen LogP contribution in [0.1, 0.15) is 19.4 Å². The third-order valence-electron chi connectivity index (χ3n) is 3.83. The van der Waals surface area contributed by atoms with Crippen LogP contribution in [-0.4, -0.2) is 36.9 Å². The first kappa shape index (κ1) is 13.0. The first-order valence-electron chi connectivity index (χ1n) is 6.60. The molecule has 1 N–H and O–H groups in total. The van der Waals surface area contributed by atoms with E-state index in [-0.39, 0.29) is 12.3 Å². The Bertz CT molecular complexity index is 491. The fourth-order valence-electron chi connectivity index (χ4n) is 2.65. The lowest BCUT2D eigenvalue weighted by molar-refractivity contribution is 0.0827. The van der Waals surface area contributed by atoms with Gasteiger partial charge in [-0.25, -0.2) is 0 Å². The molecular formula is C14H19ClN2O2. The van der Waals surface area contributed by atoms with Crippen LogP contribution >= 0.6 is 11.6 Å². The Hall–Kier alpha value is -0.970. The molecule has 2 aliphatic heterocycles. The number of piperazine rings is 1. The van der Waals surface area contributed by atoms with Crippen LogP contribution < -0.4 is 14.8 Å². The number of halogens is 1. The van der Waals surface area contributed by atoms with E-state index in [1.54, 1.807) is 0 Å². The maximum absolute atomic E-state index is 6.23. The highest BCUT2D eigenvalue weighted by atomic mass is 35.5. The van der Waals surface area contributed by atoms with Crippen LogP contribution in [0.15, 0.2) is 12.1 Å². The number of hydrogen-bond donors (Lipinski definition) is 1. The molecular weight excluding hydrogens is 264 g/mol. The van der Waals surface area contributed by atoms with E-state index in [1.165, 1.54) is 5.56 Å². The predicted molar refractivity (Wildman–Crippen MR) is 74.9 cm³/mol. The molecule has 0 radical (unpaired) electrons. The first-order valence-corrected chi connectivity index (χ1v) is 6.98. The molecule has 0 atom stereocenters. The van der Waals surface area contributed by atoms with E-state index in [0.717, 1.165) is 31.9 Å². The molecule has 0 amide bonds. The zero-order chi connectivity index (χ0) is 13.5. The van der Waals surface area contributed by atoms with Crippen LogP contribution in [0, 0.1) is 0 Å². The van der Waals surface area contributed by atoms with Crippen molar-refractivity contribution < 1.29 is 9.47 Å². The van der Waals surface area contributed by atoms with E-state index in [2.05, 4.69) is 24.1 Å². The van der Waals surface area contributed by atoms with Crippen molar-refractivity contribution in [1.82, 2.24) is 10.2 Å². The normalized spacial score (nSPS) is 21.6. The average Bonchev–Trinajstić information content (AvgIpc) is 2.80. The third-order valence-corrected chi connectivity index (χ3v) is 4.11. The summed E-state index contributed by atoms with van der Waals surface area (Å²) in [6, 6.07) is 4.01. The second kappa shape index (κ2) is 4.85. The minimum Gasteiger partial charge on any atom is -0.454 e. The fraction of sp³-hybridized carbons (Fsp3) is 0.571. The first-order chi connectivity index (χ1) is 9.06. The van der Waals surface area contributed by atoms with E-state index in [0.29, 0.717) is 10.8 Å². The summed E-state index contributed by atoms with van der Waals surface area (Å²) in [5.41, 5.74) is 1.32. The molecule has 0 aliphatic carbocycles. The average molecular weight is 283 g/mol. The number of hydrogen-bond acceptors (Lipinski definition) is 4. The molecule has 104 valence electrons. The SMILES string of the molecule is CC1(C)CNCCN1Cc1cc(Cl)c2c(c1)OCO2. The monoisotopic (exact) mass is 282 g/mol. The fourth-order valence-corrected chi connectivity index (χ4v) is 2.94. The van der Waals surface area contributed by atoms with Crippen LogP contribution in [0.2, 0.25) is 5.02 Å². The largest absolute Gasteiger partial charge is 0.454 e. The second-order valence-corrected chi connectivity index (χ2v) is 6.13. The summed E-state index contributed by atoms with van der Waals surface area (Å²) < 4.78 is 10.8. The van der Waals surface area contributed by atoms with Gasteiger partial charge >= 0.3 is 0 Å². The Kier molecular flexibility index (Phi) is 3.33. The lowest BCUT2D eigenvalue weighted by Crippen LogP contribution is -2.57. The van der Waals surface area contributed by atoms with Crippen molar-refractivity contribution in [1.29, 1.82) is 0 Å². The molecule has 1 saturated heterocycles. The van der Waals surface area contributed by atoms with Crippen LogP contribution in [0.4, 0.5) is 0 Å². The van der Waals surface area contributed by atoms with Gasteiger partial charge in [-0.15, -0.1) is 0 Å². The minimum atomic E-state index is 0.154. The van der Waals surface area contributed by atoms with Gasteiger partial charge in [0.15, 0.2) is 11.5 Å². The van der Waals surface area contributed by atoms with Gasteiger partial charge in [-0.1, -0.05) is 11.6 Å². The van der Waals surface area contributed by atoms with Crippen LogP contribution in [0.5, 0.6) is 11.5 Å². The molecule has 2 heterocycles. The smallest absolute Gasteiger partial charge is 0.231 e. The lowest BCUT2D eigenvalue weighted by Gasteiger charge is -2.43. The number of ether oxygens (including phenoxy) is 2. The van der Waals surface area contributed by atoms with Gasteiger partial charge < -0.3 is 14.8 Å². The Morgan fingerprint density at radius 2 is 2.21 bits per heavy atom. The summed E-state index contributed by atoms with van der Waals surface area (Å²) >= 11 is 6.23. The van der Waals surface area contributed by atoms with Gasteiger partial charge in [-0.05, 0) is 31.5 Å². The third kappa shape index (κ3) is 2.53. The quantitative estimate of drug-likeness (QED) is 0.902. The second-order valence-electron chi connectivity index (χ2n) is 5.72. The maximum Gasteiger partial charge on any atom is 0.231 e. The van der Waals surface area contributed by atoms with Crippen molar-refractivity contribution in [3.05, 3.63) is 22.7 Å². The van der Waals surface area contributed by atoms with Crippen molar-refractivity contribution in [2.24, 2.45) is 0 Å². The summed E-state index contributed by atoms with van der Waals surface area (Å²) in [7, 11) is 0. The van der Waals surface area contributed by atoms with E-state index < -0.39 is 0 Å². The number of fused-ring (bicyclic) bond motifs is 1. The molecule has 2 aliphatic rings. The topological polar surface area (TPSA) is 33.7 Å². The summed E-state index contributed by atoms with van der Waals surface area (Å²) in [6.07, 6.45) is 0. The zero-order valence-electron chi connectivity index (χ0n) is 11.3. The highest BCUT2D eigenvalue weighted by molar-refractivity contribution is 6.32. The molecule has 19 heavy (non-hydrogen) atoms.